The van der Waals surface area contributed by atoms with E-state index in [4.69, 9.17) is 4.74 Å². The van der Waals surface area contributed by atoms with Crippen LogP contribution in [0.15, 0.2) is 24.3 Å². The van der Waals surface area contributed by atoms with Gasteiger partial charge in [-0.05, 0) is 55.7 Å². The van der Waals surface area contributed by atoms with Gasteiger partial charge in [0, 0.05) is 6.42 Å². The highest BCUT2D eigenvalue weighted by molar-refractivity contribution is 5.92. The summed E-state index contributed by atoms with van der Waals surface area (Å²) in [5.41, 5.74) is 4.14. The summed E-state index contributed by atoms with van der Waals surface area (Å²) in [7, 11) is 1.68. The van der Waals surface area contributed by atoms with E-state index in [1.165, 1.54) is 31.2 Å². The van der Waals surface area contributed by atoms with Crippen molar-refractivity contribution in [2.45, 2.75) is 64.7 Å². The zero-order chi connectivity index (χ0) is 19.1. The summed E-state index contributed by atoms with van der Waals surface area (Å²) >= 11 is 0. The van der Waals surface area contributed by atoms with Gasteiger partial charge < -0.3 is 10.1 Å². The third kappa shape index (κ3) is 5.34. The normalized spacial score (nSPS) is 14.4. The van der Waals surface area contributed by atoms with Crippen LogP contribution in [-0.2, 0) is 24.1 Å². The predicted octanol–water partition coefficient (Wildman–Crippen LogP) is 4.67. The first-order valence-corrected chi connectivity index (χ1v) is 10.2. The molecule has 0 atom stereocenters. The van der Waals surface area contributed by atoms with Crippen molar-refractivity contribution in [1.82, 2.24) is 10.2 Å². The molecule has 1 fully saturated rings. The number of benzene rings is 1. The van der Waals surface area contributed by atoms with Crippen molar-refractivity contribution in [2.75, 3.05) is 12.4 Å². The molecule has 1 aliphatic rings. The van der Waals surface area contributed by atoms with E-state index in [-0.39, 0.29) is 5.91 Å². The Kier molecular flexibility index (Phi) is 6.91. The molecule has 0 aliphatic heterocycles. The molecule has 1 aromatic carbocycles. The van der Waals surface area contributed by atoms with Crippen molar-refractivity contribution in [3.63, 3.8) is 0 Å². The van der Waals surface area contributed by atoms with Crippen molar-refractivity contribution >= 4 is 11.6 Å². The predicted molar refractivity (Wildman–Crippen MR) is 108 cm³/mol. The van der Waals surface area contributed by atoms with Gasteiger partial charge >= 0.3 is 0 Å². The molecule has 3 rings (SSSR count). The maximum Gasteiger partial charge on any atom is 0.224 e. The maximum absolute atomic E-state index is 12.6. The average molecular weight is 370 g/mol. The Morgan fingerprint density at radius 1 is 1.19 bits per heavy atom. The van der Waals surface area contributed by atoms with Crippen molar-refractivity contribution in [2.24, 2.45) is 5.92 Å². The average Bonchev–Trinajstić information content (AvgIpc) is 3.31. The van der Waals surface area contributed by atoms with Crippen LogP contribution in [0.5, 0.6) is 5.75 Å². The molecule has 1 saturated carbocycles. The lowest BCUT2D eigenvalue weighted by molar-refractivity contribution is -0.117. The van der Waals surface area contributed by atoms with E-state index in [9.17, 15) is 4.79 Å². The quantitative estimate of drug-likeness (QED) is 0.675. The van der Waals surface area contributed by atoms with Gasteiger partial charge in [0.05, 0.1) is 24.2 Å². The molecular formula is C22H31N3O2. The lowest BCUT2D eigenvalue weighted by Gasteiger charge is -2.11. The first-order valence-electron chi connectivity index (χ1n) is 10.2. The molecule has 0 unspecified atom stereocenters. The Hall–Kier alpha value is -2.30. The molecule has 0 radical (unpaired) electrons. The molecule has 27 heavy (non-hydrogen) atoms. The number of nitrogens with one attached hydrogen (secondary N) is 2. The Balaban J connectivity index is 1.65. The number of nitrogens with zero attached hydrogens (tertiary/aromatic N) is 1. The third-order valence-corrected chi connectivity index (χ3v) is 5.44. The fourth-order valence-electron chi connectivity index (χ4n) is 3.90. The Morgan fingerprint density at radius 3 is 2.59 bits per heavy atom. The number of amides is 1. The molecule has 1 aromatic heterocycles. The number of aromatic nitrogens is 2. The van der Waals surface area contributed by atoms with Crippen LogP contribution >= 0.6 is 0 Å². The number of hydrogen-bond acceptors (Lipinski definition) is 3. The van der Waals surface area contributed by atoms with Crippen molar-refractivity contribution in [1.29, 1.82) is 0 Å². The lowest BCUT2D eigenvalue weighted by Crippen LogP contribution is -2.17. The largest absolute Gasteiger partial charge is 0.497 e. The van der Waals surface area contributed by atoms with Gasteiger partial charge in [0.1, 0.15) is 5.75 Å². The summed E-state index contributed by atoms with van der Waals surface area (Å²) in [5.74, 6) is 1.55. The summed E-state index contributed by atoms with van der Waals surface area (Å²) in [5, 5.41) is 10.8. The van der Waals surface area contributed by atoms with Crippen LogP contribution < -0.4 is 10.1 Å². The number of carbonyl (C=O) groups excluding carboxylic acids is 1. The van der Waals surface area contributed by atoms with Gasteiger partial charge in [-0.1, -0.05) is 38.3 Å². The smallest absolute Gasteiger partial charge is 0.224 e. The highest BCUT2D eigenvalue weighted by atomic mass is 16.5. The van der Waals surface area contributed by atoms with Gasteiger partial charge in [-0.25, -0.2) is 0 Å². The Bertz CT molecular complexity index is 731. The summed E-state index contributed by atoms with van der Waals surface area (Å²) < 4.78 is 5.21. The van der Waals surface area contributed by atoms with Crippen LogP contribution in [0.4, 0.5) is 5.69 Å². The third-order valence-electron chi connectivity index (χ3n) is 5.44. The molecule has 5 nitrogen and oxygen atoms in total. The minimum atomic E-state index is 0.131. The van der Waals surface area contributed by atoms with E-state index >= 15 is 0 Å². The van der Waals surface area contributed by atoms with E-state index in [2.05, 4.69) is 34.6 Å². The van der Waals surface area contributed by atoms with Crippen molar-refractivity contribution in [3.05, 3.63) is 41.2 Å². The topological polar surface area (TPSA) is 67.0 Å². The van der Waals surface area contributed by atoms with E-state index in [1.54, 1.807) is 7.11 Å². The van der Waals surface area contributed by atoms with Crippen molar-refractivity contribution in [3.8, 4) is 5.75 Å². The van der Waals surface area contributed by atoms with Gasteiger partial charge in [0.2, 0.25) is 5.91 Å². The van der Waals surface area contributed by atoms with E-state index in [0.29, 0.717) is 12.3 Å². The fraction of sp³-hybridized carbons (Fsp3) is 0.545. The zero-order valence-electron chi connectivity index (χ0n) is 16.5. The van der Waals surface area contributed by atoms with Gasteiger partial charge in [0.25, 0.3) is 0 Å². The summed E-state index contributed by atoms with van der Waals surface area (Å²) in [6.07, 6.45) is 9.12. The Morgan fingerprint density at radius 2 is 1.93 bits per heavy atom. The van der Waals surface area contributed by atoms with Gasteiger partial charge in [-0.3, -0.25) is 9.89 Å². The van der Waals surface area contributed by atoms with E-state index in [1.807, 2.05) is 12.1 Å². The fourth-order valence-corrected chi connectivity index (χ4v) is 3.90. The summed E-state index contributed by atoms with van der Waals surface area (Å²) in [4.78, 5) is 12.6. The monoisotopic (exact) mass is 369 g/mol. The zero-order valence-corrected chi connectivity index (χ0v) is 16.5. The SMILES string of the molecule is CCCc1[nH]nc(CCc2ccc(OC)cc2)c1NC(=O)CC1CCCC1. The second-order valence-corrected chi connectivity index (χ2v) is 7.52. The second kappa shape index (κ2) is 9.58. The van der Waals surface area contributed by atoms with Crippen molar-refractivity contribution < 1.29 is 9.53 Å². The standard InChI is InChI=1S/C22H31N3O2/c1-3-6-19-22(23-21(26)15-17-7-4-5-8-17)20(25-24-19)14-11-16-9-12-18(27-2)13-10-16/h9-10,12-13,17H,3-8,11,14-15H2,1-2H3,(H,23,26)(H,24,25). The van der Waals surface area contributed by atoms with Crippen LogP contribution in [0, 0.1) is 5.92 Å². The molecule has 1 heterocycles. The number of rotatable bonds is 9. The number of methoxy groups -OCH3 is 1. The molecule has 1 amide bonds. The van der Waals surface area contributed by atoms with Crippen LogP contribution in [0.1, 0.15) is 62.4 Å². The van der Waals surface area contributed by atoms with Crippen LogP contribution in [0.2, 0.25) is 0 Å². The molecule has 5 heteroatoms. The molecule has 2 N–H and O–H groups in total. The number of carbonyl (C=O) groups is 1. The number of anilines is 1. The number of aromatic amines is 1. The van der Waals surface area contributed by atoms with Crippen LogP contribution in [0.25, 0.3) is 0 Å². The minimum absolute atomic E-state index is 0.131. The van der Waals surface area contributed by atoms with Crippen LogP contribution in [0.3, 0.4) is 0 Å². The molecule has 146 valence electrons. The first-order chi connectivity index (χ1) is 13.2. The highest BCUT2D eigenvalue weighted by Crippen LogP contribution is 2.29. The lowest BCUT2D eigenvalue weighted by atomic mass is 10.0. The molecule has 2 aromatic rings. The Labute approximate surface area is 161 Å². The van der Waals surface area contributed by atoms with Gasteiger partial charge in [-0.2, -0.15) is 5.10 Å². The van der Waals surface area contributed by atoms with Gasteiger partial charge in [0.15, 0.2) is 0 Å². The number of aryl methyl sites for hydroxylation is 3. The van der Waals surface area contributed by atoms with E-state index < -0.39 is 0 Å². The summed E-state index contributed by atoms with van der Waals surface area (Å²) in [6, 6.07) is 8.12. The highest BCUT2D eigenvalue weighted by Gasteiger charge is 2.21. The first kappa shape index (κ1) is 19.5. The second-order valence-electron chi connectivity index (χ2n) is 7.52. The van der Waals surface area contributed by atoms with Gasteiger partial charge in [-0.15, -0.1) is 0 Å². The maximum atomic E-state index is 12.6. The van der Waals surface area contributed by atoms with Crippen LogP contribution in [-0.4, -0.2) is 23.2 Å². The van der Waals surface area contributed by atoms with E-state index in [0.717, 1.165) is 48.5 Å². The summed E-state index contributed by atoms with van der Waals surface area (Å²) in [6.45, 7) is 2.14. The number of hydrogen-bond donors (Lipinski definition) is 2. The number of H-pyrrole nitrogens is 1. The minimum Gasteiger partial charge on any atom is -0.497 e. The molecular weight excluding hydrogens is 338 g/mol. The molecule has 1 aliphatic carbocycles. The molecule has 0 saturated heterocycles. The number of ether oxygens (including phenoxy) is 1. The molecule has 0 spiro atoms. The molecule has 0 bridgehead atoms.